The lowest BCUT2D eigenvalue weighted by molar-refractivity contribution is -0.141. The van der Waals surface area contributed by atoms with E-state index in [0.717, 1.165) is 36.8 Å². The maximum absolute atomic E-state index is 13.2. The number of benzene rings is 1. The van der Waals surface area contributed by atoms with Gasteiger partial charge in [-0.15, -0.1) is 0 Å². The minimum atomic E-state index is -0.700. The molecule has 2 heterocycles. The normalized spacial score (nSPS) is 22.0. The highest BCUT2D eigenvalue weighted by Crippen LogP contribution is 2.44. The van der Waals surface area contributed by atoms with Crippen molar-refractivity contribution < 1.29 is 19.1 Å². The van der Waals surface area contributed by atoms with E-state index in [-0.39, 0.29) is 22.8 Å². The SMILES string of the molecule is Cc1ccc(C2/C(=C(\O)c3cc(C(C)(C)C)ccc3C)C(=O)C(=O)N2C2CCCC2)o1. The Morgan fingerprint density at radius 2 is 1.74 bits per heavy atom. The molecule has 1 aliphatic carbocycles. The molecule has 1 unspecified atom stereocenters. The van der Waals surface area contributed by atoms with Gasteiger partial charge in [-0.05, 0) is 61.4 Å². The Morgan fingerprint density at radius 3 is 2.32 bits per heavy atom. The molecule has 1 amide bonds. The van der Waals surface area contributed by atoms with Gasteiger partial charge in [0.15, 0.2) is 0 Å². The molecule has 0 bridgehead atoms. The monoisotopic (exact) mass is 421 g/mol. The molecule has 5 nitrogen and oxygen atoms in total. The second-order valence-corrected chi connectivity index (χ2v) is 9.87. The summed E-state index contributed by atoms with van der Waals surface area (Å²) in [5.41, 5.74) is 2.50. The quantitative estimate of drug-likeness (QED) is 0.400. The van der Waals surface area contributed by atoms with Crippen molar-refractivity contribution in [3.05, 3.63) is 64.1 Å². The second-order valence-electron chi connectivity index (χ2n) is 9.87. The van der Waals surface area contributed by atoms with Crippen molar-refractivity contribution in [2.45, 2.75) is 77.8 Å². The standard InChI is InChI=1S/C26H31NO4/c1-15-10-12-17(26(3,4)5)14-19(15)23(28)21-22(20-13-11-16(2)31-20)27(25(30)24(21)29)18-8-6-7-9-18/h10-14,18,22,28H,6-9H2,1-5H3/b23-21+. The number of hydrogen-bond donors (Lipinski definition) is 1. The average Bonchev–Trinajstić information content (AvgIpc) is 3.42. The van der Waals surface area contributed by atoms with Gasteiger partial charge in [0.25, 0.3) is 11.7 Å². The van der Waals surface area contributed by atoms with E-state index in [0.29, 0.717) is 17.1 Å². The van der Waals surface area contributed by atoms with E-state index in [9.17, 15) is 14.7 Å². The van der Waals surface area contributed by atoms with Crippen LogP contribution in [-0.2, 0) is 15.0 Å². The number of furan rings is 1. The summed E-state index contributed by atoms with van der Waals surface area (Å²) in [5, 5.41) is 11.4. The zero-order chi connectivity index (χ0) is 22.5. The van der Waals surface area contributed by atoms with Crippen LogP contribution in [0.25, 0.3) is 5.76 Å². The van der Waals surface area contributed by atoms with E-state index in [2.05, 4.69) is 20.8 Å². The molecule has 2 aliphatic rings. The van der Waals surface area contributed by atoms with Gasteiger partial charge in [-0.3, -0.25) is 9.59 Å². The third-order valence-corrected chi connectivity index (χ3v) is 6.59. The molecular formula is C26H31NO4. The summed E-state index contributed by atoms with van der Waals surface area (Å²) in [5.74, 6) is -0.0738. The molecule has 1 aromatic heterocycles. The minimum Gasteiger partial charge on any atom is -0.507 e. The Bertz CT molecular complexity index is 1060. The fourth-order valence-corrected chi connectivity index (χ4v) is 4.78. The third kappa shape index (κ3) is 3.71. The highest BCUT2D eigenvalue weighted by atomic mass is 16.3. The van der Waals surface area contributed by atoms with Crippen LogP contribution in [0.2, 0.25) is 0 Å². The number of carbonyl (C=O) groups excluding carboxylic acids is 2. The van der Waals surface area contributed by atoms with Crippen molar-refractivity contribution >= 4 is 17.4 Å². The van der Waals surface area contributed by atoms with E-state index < -0.39 is 17.7 Å². The van der Waals surface area contributed by atoms with Gasteiger partial charge in [0.05, 0.1) is 5.57 Å². The Balaban J connectivity index is 1.91. The number of aryl methyl sites for hydroxylation is 2. The minimum absolute atomic E-state index is 0.0147. The Labute approximate surface area is 183 Å². The first-order valence-electron chi connectivity index (χ1n) is 11.1. The van der Waals surface area contributed by atoms with Crippen LogP contribution in [0.3, 0.4) is 0 Å². The van der Waals surface area contributed by atoms with Crippen molar-refractivity contribution in [2.24, 2.45) is 0 Å². The van der Waals surface area contributed by atoms with Crippen LogP contribution >= 0.6 is 0 Å². The van der Waals surface area contributed by atoms with Crippen LogP contribution in [0.4, 0.5) is 0 Å². The molecule has 1 aromatic carbocycles. The number of ketones is 1. The van der Waals surface area contributed by atoms with E-state index in [1.54, 1.807) is 11.0 Å². The van der Waals surface area contributed by atoms with Gasteiger partial charge in [-0.1, -0.05) is 45.7 Å². The maximum atomic E-state index is 13.2. The second kappa shape index (κ2) is 7.70. The zero-order valence-electron chi connectivity index (χ0n) is 19.0. The molecule has 164 valence electrons. The lowest BCUT2D eigenvalue weighted by atomic mass is 9.84. The van der Waals surface area contributed by atoms with Gasteiger partial charge >= 0.3 is 0 Å². The van der Waals surface area contributed by atoms with Crippen molar-refractivity contribution in [1.82, 2.24) is 4.90 Å². The van der Waals surface area contributed by atoms with Gasteiger partial charge in [0.1, 0.15) is 23.3 Å². The predicted octanol–water partition coefficient (Wildman–Crippen LogP) is 5.56. The lowest BCUT2D eigenvalue weighted by Crippen LogP contribution is -2.37. The topological polar surface area (TPSA) is 70.8 Å². The molecule has 1 saturated carbocycles. The first kappa shape index (κ1) is 21.4. The molecule has 4 rings (SSSR count). The average molecular weight is 422 g/mol. The van der Waals surface area contributed by atoms with Crippen molar-refractivity contribution in [3.8, 4) is 0 Å². The van der Waals surface area contributed by atoms with Crippen molar-refractivity contribution in [2.75, 3.05) is 0 Å². The number of nitrogens with zero attached hydrogens (tertiary/aromatic N) is 1. The van der Waals surface area contributed by atoms with Crippen LogP contribution in [-0.4, -0.2) is 27.7 Å². The smallest absolute Gasteiger partial charge is 0.296 e. The maximum Gasteiger partial charge on any atom is 0.296 e. The summed E-state index contributed by atoms with van der Waals surface area (Å²) in [7, 11) is 0. The van der Waals surface area contributed by atoms with Gasteiger partial charge in [-0.25, -0.2) is 0 Å². The summed E-state index contributed by atoms with van der Waals surface area (Å²) < 4.78 is 5.89. The van der Waals surface area contributed by atoms with Crippen LogP contribution in [0, 0.1) is 13.8 Å². The summed E-state index contributed by atoms with van der Waals surface area (Å²) >= 11 is 0. The summed E-state index contributed by atoms with van der Waals surface area (Å²) in [6.07, 6.45) is 3.79. The zero-order valence-corrected chi connectivity index (χ0v) is 19.0. The predicted molar refractivity (Wildman–Crippen MR) is 120 cm³/mol. The molecule has 0 radical (unpaired) electrons. The van der Waals surface area contributed by atoms with Gasteiger partial charge in [0.2, 0.25) is 0 Å². The number of hydrogen-bond acceptors (Lipinski definition) is 4. The molecule has 1 atom stereocenters. The summed E-state index contributed by atoms with van der Waals surface area (Å²) in [6, 6.07) is 8.84. The molecular weight excluding hydrogens is 390 g/mol. The van der Waals surface area contributed by atoms with Gasteiger partial charge < -0.3 is 14.4 Å². The first-order chi connectivity index (χ1) is 14.6. The number of aliphatic hydroxyl groups excluding tert-OH is 1. The largest absolute Gasteiger partial charge is 0.507 e. The molecule has 31 heavy (non-hydrogen) atoms. The van der Waals surface area contributed by atoms with E-state index in [4.69, 9.17) is 4.42 Å². The van der Waals surface area contributed by atoms with E-state index in [1.165, 1.54) is 0 Å². The Kier molecular flexibility index (Phi) is 5.32. The van der Waals surface area contributed by atoms with E-state index in [1.807, 2.05) is 38.1 Å². The molecule has 1 aliphatic heterocycles. The Morgan fingerprint density at radius 1 is 1.06 bits per heavy atom. The molecule has 1 N–H and O–H groups in total. The summed E-state index contributed by atoms with van der Waals surface area (Å²) in [6.45, 7) is 10.0. The number of carbonyl (C=O) groups is 2. The van der Waals surface area contributed by atoms with Crippen LogP contribution in [0.15, 0.2) is 40.3 Å². The fourth-order valence-electron chi connectivity index (χ4n) is 4.78. The number of likely N-dealkylation sites (tertiary alicyclic amines) is 1. The molecule has 2 fully saturated rings. The summed E-state index contributed by atoms with van der Waals surface area (Å²) in [4.78, 5) is 28.0. The van der Waals surface area contributed by atoms with Crippen LogP contribution < -0.4 is 0 Å². The number of Topliss-reactive ketones (excluding diaryl/α,β-unsaturated/α-hetero) is 1. The molecule has 1 saturated heterocycles. The van der Waals surface area contributed by atoms with E-state index >= 15 is 0 Å². The van der Waals surface area contributed by atoms with Crippen molar-refractivity contribution in [1.29, 1.82) is 0 Å². The third-order valence-electron chi connectivity index (χ3n) is 6.59. The van der Waals surface area contributed by atoms with Crippen LogP contribution in [0.1, 0.15) is 80.7 Å². The highest BCUT2D eigenvalue weighted by molar-refractivity contribution is 6.46. The van der Waals surface area contributed by atoms with Crippen LogP contribution in [0.5, 0.6) is 0 Å². The molecule has 2 aromatic rings. The number of amides is 1. The lowest BCUT2D eigenvalue weighted by Gasteiger charge is -2.29. The fraction of sp³-hybridized carbons (Fsp3) is 0.462. The Hall–Kier alpha value is -2.82. The molecule has 5 heteroatoms. The highest BCUT2D eigenvalue weighted by Gasteiger charge is 2.50. The van der Waals surface area contributed by atoms with Gasteiger partial charge in [-0.2, -0.15) is 0 Å². The van der Waals surface area contributed by atoms with Gasteiger partial charge in [0, 0.05) is 11.6 Å². The first-order valence-corrected chi connectivity index (χ1v) is 11.1. The number of aliphatic hydroxyl groups is 1. The molecule has 0 spiro atoms. The van der Waals surface area contributed by atoms with Crippen molar-refractivity contribution in [3.63, 3.8) is 0 Å². The number of rotatable bonds is 3.